The number of amides is 1. The Balaban J connectivity index is 1.94. The number of nitrogens with zero attached hydrogens (tertiary/aromatic N) is 1. The van der Waals surface area contributed by atoms with Crippen LogP contribution in [0.25, 0.3) is 6.08 Å². The molecule has 0 fully saturated rings. The van der Waals surface area contributed by atoms with Crippen LogP contribution >= 0.6 is 23.6 Å². The predicted molar refractivity (Wildman–Crippen MR) is 95.5 cm³/mol. The van der Waals surface area contributed by atoms with Crippen LogP contribution in [0, 0.1) is 17.0 Å². The zero-order valence-corrected chi connectivity index (χ0v) is 13.7. The fourth-order valence-corrected chi connectivity index (χ4v) is 2.58. The molecular weight excluding hydrogens is 334 g/mol. The summed E-state index contributed by atoms with van der Waals surface area (Å²) in [5.41, 5.74) is 1.26. The number of carbonyl (C=O) groups is 1. The Hall–Kier alpha value is -2.58. The quantitative estimate of drug-likeness (QED) is 0.383. The highest BCUT2D eigenvalue weighted by Gasteiger charge is 2.09. The van der Waals surface area contributed by atoms with Crippen LogP contribution in [-0.2, 0) is 4.79 Å². The van der Waals surface area contributed by atoms with Crippen molar-refractivity contribution in [3.05, 3.63) is 62.3 Å². The van der Waals surface area contributed by atoms with Gasteiger partial charge in [-0.05, 0) is 48.3 Å². The van der Waals surface area contributed by atoms with Gasteiger partial charge >= 0.3 is 0 Å². The van der Waals surface area contributed by atoms with Crippen molar-refractivity contribution in [1.82, 2.24) is 5.32 Å². The molecule has 8 heteroatoms. The van der Waals surface area contributed by atoms with Crippen LogP contribution in [0.3, 0.4) is 0 Å². The SMILES string of the molecule is Cc1cc([N+](=O)[O-])ccc1NC(=S)NC(=O)/C=C/c1cccs1. The monoisotopic (exact) mass is 347 g/mol. The van der Waals surface area contributed by atoms with Gasteiger partial charge in [0.1, 0.15) is 0 Å². The summed E-state index contributed by atoms with van der Waals surface area (Å²) in [7, 11) is 0. The molecular formula is C15H13N3O3S2. The minimum atomic E-state index is -0.466. The van der Waals surface area contributed by atoms with Gasteiger partial charge in [-0.25, -0.2) is 0 Å². The smallest absolute Gasteiger partial charge is 0.269 e. The number of nitro groups is 1. The first-order chi connectivity index (χ1) is 11.0. The van der Waals surface area contributed by atoms with E-state index in [-0.39, 0.29) is 16.7 Å². The molecule has 0 spiro atoms. The molecule has 0 atom stereocenters. The van der Waals surface area contributed by atoms with E-state index in [9.17, 15) is 14.9 Å². The number of hydrogen-bond donors (Lipinski definition) is 2. The molecule has 118 valence electrons. The molecule has 2 rings (SSSR count). The molecule has 0 aliphatic heterocycles. The van der Waals surface area contributed by atoms with Crippen molar-refractivity contribution in [3.8, 4) is 0 Å². The molecule has 1 aromatic carbocycles. The third-order valence-electron chi connectivity index (χ3n) is 2.85. The van der Waals surface area contributed by atoms with Crippen molar-refractivity contribution >= 4 is 52.0 Å². The molecule has 0 aliphatic carbocycles. The van der Waals surface area contributed by atoms with Crippen LogP contribution in [0.2, 0.25) is 0 Å². The average molecular weight is 347 g/mol. The highest BCUT2D eigenvalue weighted by Crippen LogP contribution is 2.21. The van der Waals surface area contributed by atoms with Crippen molar-refractivity contribution in [3.63, 3.8) is 0 Å². The molecule has 0 radical (unpaired) electrons. The molecule has 23 heavy (non-hydrogen) atoms. The molecule has 6 nitrogen and oxygen atoms in total. The van der Waals surface area contributed by atoms with E-state index < -0.39 is 4.92 Å². The predicted octanol–water partition coefficient (Wildman–Crippen LogP) is 3.49. The van der Waals surface area contributed by atoms with Crippen molar-refractivity contribution in [2.45, 2.75) is 6.92 Å². The Kier molecular flexibility index (Phi) is 5.56. The van der Waals surface area contributed by atoms with Gasteiger partial charge in [-0.3, -0.25) is 20.2 Å². The van der Waals surface area contributed by atoms with Crippen LogP contribution < -0.4 is 10.6 Å². The number of anilines is 1. The number of rotatable bonds is 4. The van der Waals surface area contributed by atoms with Gasteiger partial charge in [0.05, 0.1) is 4.92 Å². The Morgan fingerprint density at radius 2 is 2.17 bits per heavy atom. The second-order valence-corrected chi connectivity index (χ2v) is 5.94. The van der Waals surface area contributed by atoms with E-state index in [4.69, 9.17) is 12.2 Å². The Morgan fingerprint density at radius 3 is 2.78 bits per heavy atom. The summed E-state index contributed by atoms with van der Waals surface area (Å²) in [6.45, 7) is 1.72. The summed E-state index contributed by atoms with van der Waals surface area (Å²) >= 11 is 6.58. The average Bonchev–Trinajstić information content (AvgIpc) is 3.00. The zero-order chi connectivity index (χ0) is 16.8. The maximum atomic E-state index is 11.8. The Morgan fingerprint density at radius 1 is 1.39 bits per heavy atom. The minimum absolute atomic E-state index is 0.00175. The largest absolute Gasteiger partial charge is 0.332 e. The van der Waals surface area contributed by atoms with Crippen molar-refractivity contribution in [2.75, 3.05) is 5.32 Å². The summed E-state index contributed by atoms with van der Waals surface area (Å²) in [4.78, 5) is 23.0. The molecule has 2 N–H and O–H groups in total. The first-order valence-electron chi connectivity index (χ1n) is 6.54. The number of benzene rings is 1. The normalized spacial score (nSPS) is 10.5. The first kappa shape index (κ1) is 16.8. The van der Waals surface area contributed by atoms with Crippen LogP contribution in [0.1, 0.15) is 10.4 Å². The van der Waals surface area contributed by atoms with Gasteiger partial charge in [0.25, 0.3) is 5.69 Å². The van der Waals surface area contributed by atoms with E-state index in [0.717, 1.165) is 4.88 Å². The van der Waals surface area contributed by atoms with E-state index in [1.807, 2.05) is 17.5 Å². The van der Waals surface area contributed by atoms with E-state index in [0.29, 0.717) is 11.3 Å². The summed E-state index contributed by atoms with van der Waals surface area (Å²) in [5.74, 6) is -0.351. The van der Waals surface area contributed by atoms with Gasteiger partial charge < -0.3 is 5.32 Å². The van der Waals surface area contributed by atoms with Gasteiger partial charge in [-0.15, -0.1) is 11.3 Å². The Bertz CT molecular complexity index is 770. The van der Waals surface area contributed by atoms with Gasteiger partial charge in [-0.2, -0.15) is 0 Å². The van der Waals surface area contributed by atoms with Crippen molar-refractivity contribution < 1.29 is 9.72 Å². The lowest BCUT2D eigenvalue weighted by molar-refractivity contribution is -0.384. The van der Waals surface area contributed by atoms with Crippen molar-refractivity contribution in [1.29, 1.82) is 0 Å². The lowest BCUT2D eigenvalue weighted by Crippen LogP contribution is -2.33. The van der Waals surface area contributed by atoms with E-state index >= 15 is 0 Å². The molecule has 0 unspecified atom stereocenters. The van der Waals surface area contributed by atoms with Gasteiger partial charge in [0.2, 0.25) is 5.91 Å². The maximum absolute atomic E-state index is 11.8. The van der Waals surface area contributed by atoms with Crippen molar-refractivity contribution in [2.24, 2.45) is 0 Å². The Labute approximate surface area is 142 Å². The molecule has 0 bridgehead atoms. The number of hydrogen-bond acceptors (Lipinski definition) is 5. The molecule has 1 heterocycles. The fourth-order valence-electron chi connectivity index (χ4n) is 1.75. The second kappa shape index (κ2) is 7.61. The van der Waals surface area contributed by atoms with Crippen LogP contribution in [0.5, 0.6) is 0 Å². The lowest BCUT2D eigenvalue weighted by Gasteiger charge is -2.10. The zero-order valence-electron chi connectivity index (χ0n) is 12.1. The number of nitro benzene ring substituents is 1. The molecule has 0 saturated heterocycles. The third kappa shape index (κ3) is 4.97. The maximum Gasteiger partial charge on any atom is 0.269 e. The van der Waals surface area contributed by atoms with Gasteiger partial charge in [-0.1, -0.05) is 6.07 Å². The number of nitrogens with one attached hydrogen (secondary N) is 2. The lowest BCUT2D eigenvalue weighted by atomic mass is 10.2. The first-order valence-corrected chi connectivity index (χ1v) is 7.83. The summed E-state index contributed by atoms with van der Waals surface area (Å²) < 4.78 is 0. The van der Waals surface area contributed by atoms with Crippen LogP contribution in [-0.4, -0.2) is 15.9 Å². The minimum Gasteiger partial charge on any atom is -0.332 e. The molecule has 2 aromatic rings. The van der Waals surface area contributed by atoms with Crippen LogP contribution in [0.15, 0.2) is 41.8 Å². The second-order valence-electron chi connectivity index (χ2n) is 4.55. The molecule has 0 saturated carbocycles. The third-order valence-corrected chi connectivity index (χ3v) is 3.89. The van der Waals surface area contributed by atoms with Gasteiger partial charge in [0.15, 0.2) is 5.11 Å². The number of non-ortho nitro benzene ring substituents is 1. The standard InChI is InChI=1S/C15H13N3O3S2/c1-10-9-11(18(20)21)4-6-13(10)16-15(22)17-14(19)7-5-12-3-2-8-23-12/h2-9H,1H3,(H2,16,17,19,22)/b7-5+. The van der Waals surface area contributed by atoms with Crippen LogP contribution in [0.4, 0.5) is 11.4 Å². The summed E-state index contributed by atoms with van der Waals surface area (Å²) in [6, 6.07) is 8.14. The summed E-state index contributed by atoms with van der Waals surface area (Å²) in [5, 5.41) is 18.1. The number of thiocarbonyl (C=S) groups is 1. The van der Waals surface area contributed by atoms with E-state index in [1.54, 1.807) is 19.1 Å². The fraction of sp³-hybridized carbons (Fsp3) is 0.0667. The molecule has 1 amide bonds. The topological polar surface area (TPSA) is 84.3 Å². The number of thiophene rings is 1. The van der Waals surface area contributed by atoms with E-state index in [1.165, 1.54) is 29.5 Å². The highest BCUT2D eigenvalue weighted by atomic mass is 32.1. The number of carbonyl (C=O) groups excluding carboxylic acids is 1. The molecule has 1 aromatic heterocycles. The summed E-state index contributed by atoms with van der Waals surface area (Å²) in [6.07, 6.45) is 3.09. The van der Waals surface area contributed by atoms with E-state index in [2.05, 4.69) is 10.6 Å². The number of aryl methyl sites for hydroxylation is 1. The van der Waals surface area contributed by atoms with Gasteiger partial charge in [0, 0.05) is 28.8 Å². The highest BCUT2D eigenvalue weighted by molar-refractivity contribution is 7.80. The molecule has 0 aliphatic rings.